The van der Waals surface area contributed by atoms with Crippen LogP contribution in [0.4, 0.5) is 87.8 Å². The van der Waals surface area contributed by atoms with Gasteiger partial charge in [0.2, 0.25) is 23.4 Å². The van der Waals surface area contributed by atoms with E-state index in [2.05, 4.69) is 23.7 Å². The summed E-state index contributed by atoms with van der Waals surface area (Å²) in [5, 5.41) is -4.22. The summed E-state index contributed by atoms with van der Waals surface area (Å²) in [6.45, 7) is 29.4. The van der Waals surface area contributed by atoms with Crippen LogP contribution in [0, 0.1) is 203 Å². The molecule has 2 saturated heterocycles. The van der Waals surface area contributed by atoms with E-state index in [4.69, 9.17) is 9.31 Å². The first-order valence-corrected chi connectivity index (χ1v) is 36.2. The second-order valence-corrected chi connectivity index (χ2v) is 36.1. The molecule has 2 aliphatic rings. The molecule has 10 rings (SSSR count). The maximum absolute atomic E-state index is 16.5. The van der Waals surface area contributed by atoms with Crippen LogP contribution in [0.2, 0.25) is 0 Å². The van der Waals surface area contributed by atoms with E-state index in [0.29, 0.717) is 44.0 Å². The molecule has 0 saturated carbocycles. The molecular weight excluding hydrogens is 1460 g/mol. The summed E-state index contributed by atoms with van der Waals surface area (Å²) in [6, 6.07) is 23.6. The molecule has 0 spiro atoms. The number of aryl methyl sites for hydroxylation is 6. The van der Waals surface area contributed by atoms with E-state index in [1.54, 1.807) is 210 Å². The maximum atomic E-state index is 16.5. The Balaban J connectivity index is 0.000000245. The third-order valence-electron chi connectivity index (χ3n) is 18.9. The second-order valence-electron chi connectivity index (χ2n) is 31.1. The van der Waals surface area contributed by atoms with Crippen molar-refractivity contribution in [2.24, 2.45) is 21.7 Å². The molecule has 2 heterocycles. The van der Waals surface area contributed by atoms with Crippen LogP contribution >= 0.6 is 15.8 Å². The van der Waals surface area contributed by atoms with Crippen molar-refractivity contribution in [3.05, 3.63) is 268 Å². The SMILES string of the molecule is Cc1cc(C)c([PH+]2/C(=C\C(C)(C)C)[B-](c3c(F)c(F)c(F)c(F)c3F)(c3c(F)c(F)c(F)c(F)c3F)O[C@]2(C#Cc2ccccc2)C(C)(C)C)c(C)c1.Cc1cc(C)c([PH+]2/C(=C\C(C)(C)C)[B-](c3c(F)c(F)c(F)c(F)c3F)(c3c(F)c(F)c(F)c(F)c3F)O[C@]2(C#Cc2ccccc2)C(C)(C)C)c(C)c1. The largest absolute Gasteiger partial charge is 0.532 e. The smallest absolute Gasteiger partial charge is 0.249 e. The van der Waals surface area contributed by atoms with E-state index >= 15 is 70.2 Å². The molecule has 8 aromatic rings. The van der Waals surface area contributed by atoms with Crippen molar-refractivity contribution in [3.8, 4) is 23.7 Å². The van der Waals surface area contributed by atoms with Gasteiger partial charge in [-0.1, -0.05) is 201 Å². The molecule has 0 N–H and O–H groups in total. The van der Waals surface area contributed by atoms with Crippen LogP contribution in [0.1, 0.15) is 128 Å². The average Bonchev–Trinajstić information content (AvgIpc) is 1.50. The van der Waals surface area contributed by atoms with E-state index in [-0.39, 0.29) is 0 Å². The van der Waals surface area contributed by atoms with Gasteiger partial charge in [0.1, 0.15) is 57.1 Å². The van der Waals surface area contributed by atoms with Gasteiger partial charge >= 0.3 is 0 Å². The molecular formula is C80H72B2F20O2P2. The minimum absolute atomic E-state index is 0.386. The Bertz CT molecular complexity index is 4510. The average molecular weight is 1530 g/mol. The molecule has 2 aliphatic heterocycles. The molecule has 2 nitrogen and oxygen atoms in total. The molecule has 26 heteroatoms. The number of rotatable bonds is 6. The van der Waals surface area contributed by atoms with Gasteiger partial charge in [0.25, 0.3) is 0 Å². The van der Waals surface area contributed by atoms with Gasteiger partial charge in [0, 0.05) is 22.0 Å². The second kappa shape index (κ2) is 28.8. The Labute approximate surface area is 604 Å². The molecule has 8 aromatic carbocycles. The van der Waals surface area contributed by atoms with Crippen molar-refractivity contribution in [2.45, 2.75) is 135 Å². The summed E-state index contributed by atoms with van der Waals surface area (Å²) in [5.41, 5.74) is -8.02. The molecule has 2 fully saturated rings. The highest BCUT2D eigenvalue weighted by atomic mass is 31.1. The molecule has 0 bridgehead atoms. The monoisotopic (exact) mass is 1530 g/mol. The molecule has 2 unspecified atom stereocenters. The minimum Gasteiger partial charge on any atom is -0.532 e. The van der Waals surface area contributed by atoms with Crippen LogP contribution in [0.15, 0.2) is 108 Å². The topological polar surface area (TPSA) is 18.5 Å². The quantitative estimate of drug-likeness (QED) is 0.0413. The first-order chi connectivity index (χ1) is 48.8. The first kappa shape index (κ1) is 81.9. The number of halogens is 20. The highest BCUT2D eigenvalue weighted by Crippen LogP contribution is 2.73. The third-order valence-corrected chi connectivity index (χ3v) is 27.2. The molecule has 0 amide bonds. The molecule has 0 radical (unpaired) electrons. The number of hydrogen-bond donors (Lipinski definition) is 0. The first-order valence-electron chi connectivity index (χ1n) is 33.2. The number of benzene rings is 8. The van der Waals surface area contributed by atoms with Gasteiger partial charge in [-0.05, 0) is 121 Å². The van der Waals surface area contributed by atoms with Crippen LogP contribution < -0.4 is 32.5 Å². The molecule has 0 aromatic heterocycles. The van der Waals surface area contributed by atoms with Crippen molar-refractivity contribution in [3.63, 3.8) is 0 Å². The van der Waals surface area contributed by atoms with Gasteiger partial charge in [0.05, 0.1) is 15.8 Å². The van der Waals surface area contributed by atoms with E-state index in [9.17, 15) is 17.6 Å². The highest BCUT2D eigenvalue weighted by molar-refractivity contribution is 7.77. The zero-order valence-corrected chi connectivity index (χ0v) is 62.8. The van der Waals surface area contributed by atoms with Gasteiger partial charge < -0.3 is 9.31 Å². The van der Waals surface area contributed by atoms with Gasteiger partial charge in [-0.3, -0.25) is 0 Å². The van der Waals surface area contributed by atoms with Gasteiger partial charge in [-0.25, -0.2) is 87.8 Å². The third kappa shape index (κ3) is 13.6. The van der Waals surface area contributed by atoms with Gasteiger partial charge in [0.15, 0.2) is 69.8 Å². The Morgan fingerprint density at radius 3 is 0.698 bits per heavy atom. The van der Waals surface area contributed by atoms with Crippen molar-refractivity contribution in [1.29, 1.82) is 0 Å². The summed E-state index contributed by atoms with van der Waals surface area (Å²) in [4.78, 5) is 0. The van der Waals surface area contributed by atoms with Gasteiger partial charge in [-0.15, -0.1) is 0 Å². The lowest BCUT2D eigenvalue weighted by Gasteiger charge is -2.44. The van der Waals surface area contributed by atoms with E-state index in [1.807, 2.05) is 0 Å². The van der Waals surface area contributed by atoms with Crippen LogP contribution in [0.25, 0.3) is 0 Å². The minimum atomic E-state index is -4.79. The predicted octanol–water partition coefficient (Wildman–Crippen LogP) is 19.8. The van der Waals surface area contributed by atoms with E-state index < -0.39 is 210 Å². The van der Waals surface area contributed by atoms with E-state index in [0.717, 1.165) is 11.1 Å². The standard InChI is InChI=1S/2C40H35BF10OP/c2*1-20-17-21(2)37(22(3)18-20)53-24(19-38(4,5)6)41(25-27(42)31(46)35(50)32(47)28(25)43,26-29(44)33(48)36(51)34(49)30(26)45)52-40(53,39(7,8)9)16-15-23-13-11-10-12-14-23/h2*10-14,17-19H,1-9H3/q2*-1/p+2/b2*24-19-/t2*40-,53?/m00/s1. The Morgan fingerprint density at radius 2 is 0.509 bits per heavy atom. The Hall–Kier alpha value is -8.13. The summed E-state index contributed by atoms with van der Waals surface area (Å²) >= 11 is 0. The van der Waals surface area contributed by atoms with Crippen molar-refractivity contribution in [2.75, 3.05) is 0 Å². The van der Waals surface area contributed by atoms with Crippen LogP contribution in [-0.2, 0) is 9.31 Å². The molecule has 560 valence electrons. The Morgan fingerprint density at radius 1 is 0.311 bits per heavy atom. The summed E-state index contributed by atoms with van der Waals surface area (Å²) in [6.07, 6.45) is -6.96. The number of allylic oxidation sites excluding steroid dienone is 2. The summed E-state index contributed by atoms with van der Waals surface area (Å²) < 4.78 is 328. The fraction of sp³-hybridized carbons (Fsp3) is 0.300. The van der Waals surface area contributed by atoms with Crippen LogP contribution in [-0.4, -0.2) is 23.4 Å². The van der Waals surface area contributed by atoms with Crippen molar-refractivity contribution >= 4 is 61.0 Å². The fourth-order valence-corrected chi connectivity index (χ4v) is 23.9. The normalized spacial score (nSPS) is 19.5. The fourth-order valence-electron chi connectivity index (χ4n) is 14.8. The maximum Gasteiger partial charge on any atom is 0.249 e. The molecule has 106 heavy (non-hydrogen) atoms. The lowest BCUT2D eigenvalue weighted by Crippen LogP contribution is -2.67. The van der Waals surface area contributed by atoms with E-state index in [1.165, 1.54) is 12.2 Å². The molecule has 4 atom stereocenters. The van der Waals surface area contributed by atoms with Crippen LogP contribution in [0.5, 0.6) is 0 Å². The highest BCUT2D eigenvalue weighted by Gasteiger charge is 2.71. The van der Waals surface area contributed by atoms with Crippen molar-refractivity contribution in [1.82, 2.24) is 0 Å². The lowest BCUT2D eigenvalue weighted by atomic mass is 9.30. The predicted molar refractivity (Wildman–Crippen MR) is 380 cm³/mol. The number of hydrogen-bond acceptors (Lipinski definition) is 2. The van der Waals surface area contributed by atoms with Crippen molar-refractivity contribution < 1.29 is 97.1 Å². The lowest BCUT2D eigenvalue weighted by molar-refractivity contribution is 0.103. The summed E-state index contributed by atoms with van der Waals surface area (Å²) in [7, 11) is -6.30. The zero-order chi connectivity index (χ0) is 79.5. The zero-order valence-electron chi connectivity index (χ0n) is 60.8. The Kier molecular flexibility index (Phi) is 22.3. The van der Waals surface area contributed by atoms with Crippen LogP contribution in [0.3, 0.4) is 0 Å². The molecule has 0 aliphatic carbocycles. The summed E-state index contributed by atoms with van der Waals surface area (Å²) in [5.74, 6) is -38.9. The van der Waals surface area contributed by atoms with Gasteiger partial charge in [-0.2, -0.15) is 0 Å².